The Morgan fingerprint density at radius 3 is 3.00 bits per heavy atom. The van der Waals surface area contributed by atoms with Gasteiger partial charge in [0.1, 0.15) is 24.1 Å². The number of rotatable bonds is 4. The Hall–Kier alpha value is -1.29. The predicted molar refractivity (Wildman–Crippen MR) is 82.1 cm³/mol. The minimum absolute atomic E-state index is 0.147. The summed E-state index contributed by atoms with van der Waals surface area (Å²) >= 11 is 0. The van der Waals surface area contributed by atoms with Crippen LogP contribution in [0.25, 0.3) is 0 Å². The fraction of sp³-hybridized carbons (Fsp3) is 0.692. The van der Waals surface area contributed by atoms with E-state index < -0.39 is 38.1 Å². The summed E-state index contributed by atoms with van der Waals surface area (Å²) in [6, 6.07) is 0. The highest BCUT2D eigenvalue weighted by Gasteiger charge is 2.52. The minimum Gasteiger partial charge on any atom is -0.386 e. The van der Waals surface area contributed by atoms with Crippen molar-refractivity contribution in [3.63, 3.8) is 0 Å². The second kappa shape index (κ2) is 6.55. The first-order chi connectivity index (χ1) is 11.3. The van der Waals surface area contributed by atoms with Gasteiger partial charge in [-0.15, -0.1) is 0 Å². The van der Waals surface area contributed by atoms with Gasteiger partial charge in [0.15, 0.2) is 6.23 Å². The molecule has 5 unspecified atom stereocenters. The zero-order valence-corrected chi connectivity index (χ0v) is 14.0. The number of phosphoric ester groups is 1. The lowest BCUT2D eigenvalue weighted by Gasteiger charge is -2.27. The molecule has 3 heterocycles. The number of ether oxygens (including phenoxy) is 1. The van der Waals surface area contributed by atoms with Crippen molar-refractivity contribution in [1.82, 2.24) is 9.55 Å². The summed E-state index contributed by atoms with van der Waals surface area (Å²) in [7, 11) is -4.22. The number of aliphatic hydroxyl groups excluding tert-OH is 1. The summed E-state index contributed by atoms with van der Waals surface area (Å²) in [5, 5.41) is 10.4. The van der Waals surface area contributed by atoms with Crippen LogP contribution in [0.2, 0.25) is 0 Å². The Morgan fingerprint density at radius 1 is 1.54 bits per heavy atom. The predicted octanol–water partition coefficient (Wildman–Crippen LogP) is -0.0578. The van der Waals surface area contributed by atoms with Crippen LogP contribution >= 0.6 is 7.82 Å². The summed E-state index contributed by atoms with van der Waals surface area (Å²) in [5.41, 5.74) is 5.77. The summed E-state index contributed by atoms with van der Waals surface area (Å²) < 4.78 is 27.8. The van der Waals surface area contributed by atoms with E-state index in [1.165, 1.54) is 6.20 Å². The van der Waals surface area contributed by atoms with Gasteiger partial charge < -0.3 is 20.5 Å². The van der Waals surface area contributed by atoms with E-state index in [1.54, 1.807) is 0 Å². The van der Waals surface area contributed by atoms with Crippen molar-refractivity contribution in [1.29, 1.82) is 0 Å². The van der Waals surface area contributed by atoms with Gasteiger partial charge in [-0.3, -0.25) is 13.6 Å². The first-order valence-corrected chi connectivity index (χ1v) is 9.18. The lowest BCUT2D eigenvalue weighted by molar-refractivity contribution is -0.0685. The van der Waals surface area contributed by atoms with Crippen molar-refractivity contribution in [3.05, 3.63) is 22.2 Å². The third kappa shape index (κ3) is 3.26. The minimum atomic E-state index is -4.22. The third-order valence-corrected chi connectivity index (χ3v) is 5.09. The van der Waals surface area contributed by atoms with Gasteiger partial charge in [0, 0.05) is 11.8 Å². The van der Waals surface area contributed by atoms with Gasteiger partial charge in [-0.25, -0.2) is 9.36 Å². The normalized spacial score (nSPS) is 35.8. The lowest BCUT2D eigenvalue weighted by atomic mass is 10.1. The fourth-order valence-corrected chi connectivity index (χ4v) is 3.79. The monoisotopic (exact) mass is 361 g/mol. The Labute approximate surface area is 137 Å². The molecule has 134 valence electrons. The van der Waals surface area contributed by atoms with Crippen LogP contribution in [0.15, 0.2) is 11.0 Å². The number of phosphoric acid groups is 1. The molecule has 2 saturated heterocycles. The lowest BCUT2D eigenvalue weighted by Crippen LogP contribution is -2.40. The largest absolute Gasteiger partial charge is 0.472 e. The van der Waals surface area contributed by atoms with Gasteiger partial charge in [0.25, 0.3) is 0 Å². The average molecular weight is 361 g/mol. The first kappa shape index (κ1) is 17.5. The second-order valence-electron chi connectivity index (χ2n) is 5.83. The van der Waals surface area contributed by atoms with Crippen LogP contribution in [0.5, 0.6) is 0 Å². The maximum atomic E-state index is 12.1. The highest BCUT2D eigenvalue weighted by Crippen LogP contribution is 2.52. The molecule has 0 amide bonds. The molecule has 2 aliphatic rings. The molecule has 5 atom stereocenters. The number of unbranched alkanes of at least 4 members (excludes halogenated alkanes) is 1. The van der Waals surface area contributed by atoms with E-state index in [0.717, 1.165) is 17.4 Å². The molecule has 0 saturated carbocycles. The zero-order valence-electron chi connectivity index (χ0n) is 13.1. The molecule has 3 rings (SSSR count). The van der Waals surface area contributed by atoms with Crippen molar-refractivity contribution >= 4 is 13.6 Å². The van der Waals surface area contributed by atoms with E-state index in [9.17, 15) is 19.4 Å². The van der Waals surface area contributed by atoms with E-state index in [4.69, 9.17) is 15.0 Å². The standard InChI is InChI=1S/C13H20N3O7P/c1-2-3-4-7-5-16(13(18)15-11(7)14)12-9(17)10-8(22-12)6-21-24(19,20)23-10/h5,8-10,12,17H,2-4,6H2,1H3,(H,19,20)(H2,14,15,18). The molecule has 1 aromatic heterocycles. The molecule has 0 bridgehead atoms. The smallest absolute Gasteiger partial charge is 0.386 e. The molecule has 1 aromatic rings. The van der Waals surface area contributed by atoms with Crippen LogP contribution in [-0.4, -0.2) is 44.5 Å². The molecule has 0 aliphatic carbocycles. The van der Waals surface area contributed by atoms with Crippen molar-refractivity contribution in [2.45, 2.75) is 50.7 Å². The van der Waals surface area contributed by atoms with E-state index in [2.05, 4.69) is 9.51 Å². The van der Waals surface area contributed by atoms with E-state index in [-0.39, 0.29) is 12.4 Å². The quantitative estimate of drug-likeness (QED) is 0.628. The fourth-order valence-electron chi connectivity index (χ4n) is 2.83. The molecule has 24 heavy (non-hydrogen) atoms. The first-order valence-electron chi connectivity index (χ1n) is 7.69. The molecule has 11 heteroatoms. The molecule has 2 aliphatic heterocycles. The number of hydrogen-bond acceptors (Lipinski definition) is 8. The van der Waals surface area contributed by atoms with E-state index >= 15 is 0 Å². The summed E-state index contributed by atoms with van der Waals surface area (Å²) in [6.45, 7) is 1.81. The Kier molecular flexibility index (Phi) is 4.78. The van der Waals surface area contributed by atoms with Crippen LogP contribution < -0.4 is 11.4 Å². The van der Waals surface area contributed by atoms with Crippen LogP contribution in [0.3, 0.4) is 0 Å². The van der Waals surface area contributed by atoms with Crippen molar-refractivity contribution in [3.8, 4) is 0 Å². The zero-order chi connectivity index (χ0) is 17.5. The van der Waals surface area contributed by atoms with Crippen molar-refractivity contribution < 1.29 is 28.3 Å². The Bertz CT molecular complexity index is 724. The number of aryl methyl sites for hydroxylation is 1. The maximum Gasteiger partial charge on any atom is 0.472 e. The highest BCUT2D eigenvalue weighted by atomic mass is 31.2. The van der Waals surface area contributed by atoms with Gasteiger partial charge in [-0.05, 0) is 12.8 Å². The Balaban J connectivity index is 1.89. The SMILES string of the molecule is CCCCc1cn(C2OC3COP(=O)(O)OC3C2O)c(=O)nc1N. The topological polar surface area (TPSA) is 146 Å². The molecule has 10 nitrogen and oxygen atoms in total. The number of nitrogens with two attached hydrogens (primary N) is 1. The van der Waals surface area contributed by atoms with Gasteiger partial charge in [0.05, 0.1) is 6.61 Å². The van der Waals surface area contributed by atoms with Gasteiger partial charge in [-0.2, -0.15) is 4.98 Å². The summed E-state index contributed by atoms with van der Waals surface area (Å²) in [5.74, 6) is 0.147. The summed E-state index contributed by atoms with van der Waals surface area (Å²) in [4.78, 5) is 25.3. The number of fused-ring (bicyclic) bond motifs is 1. The Morgan fingerprint density at radius 2 is 2.29 bits per heavy atom. The van der Waals surface area contributed by atoms with Crippen LogP contribution in [0.1, 0.15) is 31.6 Å². The van der Waals surface area contributed by atoms with Crippen LogP contribution in [0.4, 0.5) is 5.82 Å². The molecule has 0 radical (unpaired) electrons. The maximum absolute atomic E-state index is 12.1. The highest BCUT2D eigenvalue weighted by molar-refractivity contribution is 7.47. The molecular weight excluding hydrogens is 341 g/mol. The van der Waals surface area contributed by atoms with Crippen molar-refractivity contribution in [2.75, 3.05) is 12.3 Å². The summed E-state index contributed by atoms with van der Waals surface area (Å²) in [6.07, 6.45) is -0.284. The number of nitrogen functional groups attached to an aromatic ring is 1. The van der Waals surface area contributed by atoms with Gasteiger partial charge in [0.2, 0.25) is 0 Å². The van der Waals surface area contributed by atoms with Gasteiger partial charge in [-0.1, -0.05) is 13.3 Å². The molecule has 4 N–H and O–H groups in total. The average Bonchev–Trinajstić information content (AvgIpc) is 2.82. The third-order valence-electron chi connectivity index (χ3n) is 4.10. The number of aliphatic hydroxyl groups is 1. The number of anilines is 1. The van der Waals surface area contributed by atoms with Crippen molar-refractivity contribution in [2.24, 2.45) is 0 Å². The molecular formula is C13H20N3O7P. The second-order valence-corrected chi connectivity index (χ2v) is 7.24. The van der Waals surface area contributed by atoms with Gasteiger partial charge >= 0.3 is 13.5 Å². The number of aromatic nitrogens is 2. The number of nitrogens with zero attached hydrogens (tertiary/aromatic N) is 2. The molecule has 0 aromatic carbocycles. The number of hydrogen-bond donors (Lipinski definition) is 3. The molecule has 2 fully saturated rings. The van der Waals surface area contributed by atoms with E-state index in [1.807, 2.05) is 6.92 Å². The van der Waals surface area contributed by atoms with E-state index in [0.29, 0.717) is 12.0 Å². The van der Waals surface area contributed by atoms with Crippen LogP contribution in [0, 0.1) is 0 Å². The molecule has 0 spiro atoms. The van der Waals surface area contributed by atoms with Crippen LogP contribution in [-0.2, 0) is 24.8 Å².